The zero-order chi connectivity index (χ0) is 10.7. The summed E-state index contributed by atoms with van der Waals surface area (Å²) in [5.74, 6) is 1.47. The van der Waals surface area contributed by atoms with Crippen molar-refractivity contribution in [1.29, 1.82) is 0 Å². The smallest absolute Gasteiger partial charge is 0.0471 e. The molecule has 0 radical (unpaired) electrons. The minimum Gasteiger partial charge on any atom is -0.396 e. The molecule has 0 aromatic rings. The van der Waals surface area contributed by atoms with Gasteiger partial charge in [0.05, 0.1) is 0 Å². The van der Waals surface area contributed by atoms with Gasteiger partial charge in [-0.05, 0) is 44.1 Å². The number of aliphatic hydroxyl groups is 1. The normalized spacial score (nSPS) is 39.2. The molecule has 0 amide bonds. The molecule has 1 saturated heterocycles. The Morgan fingerprint density at radius 3 is 2.80 bits per heavy atom. The van der Waals surface area contributed by atoms with Crippen molar-refractivity contribution >= 4 is 0 Å². The van der Waals surface area contributed by atoms with Crippen LogP contribution in [0.25, 0.3) is 0 Å². The van der Waals surface area contributed by atoms with Crippen LogP contribution in [0.3, 0.4) is 0 Å². The summed E-state index contributed by atoms with van der Waals surface area (Å²) in [6.07, 6.45) is 8.13. The van der Waals surface area contributed by atoms with Gasteiger partial charge in [-0.1, -0.05) is 19.8 Å². The second-order valence-electron chi connectivity index (χ2n) is 5.61. The lowest BCUT2D eigenvalue weighted by Gasteiger charge is -2.41. The van der Waals surface area contributed by atoms with Crippen LogP contribution in [0.5, 0.6) is 0 Å². The summed E-state index contributed by atoms with van der Waals surface area (Å²) in [5, 5.41) is 9.23. The highest BCUT2D eigenvalue weighted by Crippen LogP contribution is 2.30. The van der Waals surface area contributed by atoms with Crippen molar-refractivity contribution in [2.75, 3.05) is 19.7 Å². The first kappa shape index (κ1) is 11.4. The van der Waals surface area contributed by atoms with Gasteiger partial charge in [0.25, 0.3) is 0 Å². The summed E-state index contributed by atoms with van der Waals surface area (Å²) >= 11 is 0. The molecule has 2 fully saturated rings. The van der Waals surface area contributed by atoms with Crippen LogP contribution in [0.4, 0.5) is 0 Å². The molecule has 0 spiro atoms. The molecule has 0 aromatic heterocycles. The van der Waals surface area contributed by atoms with E-state index in [1.165, 1.54) is 45.1 Å². The zero-order valence-electron chi connectivity index (χ0n) is 9.99. The summed E-state index contributed by atoms with van der Waals surface area (Å²) in [5.41, 5.74) is 0. The highest BCUT2D eigenvalue weighted by atomic mass is 16.3. The molecule has 0 aromatic carbocycles. The Morgan fingerprint density at radius 1 is 1.20 bits per heavy atom. The van der Waals surface area contributed by atoms with Gasteiger partial charge in [0.2, 0.25) is 0 Å². The Hall–Kier alpha value is -0.0800. The van der Waals surface area contributed by atoms with Crippen molar-refractivity contribution in [2.45, 2.75) is 51.5 Å². The third-order valence-corrected chi connectivity index (χ3v) is 4.23. The Balaban J connectivity index is 1.86. The largest absolute Gasteiger partial charge is 0.396 e. The van der Waals surface area contributed by atoms with Gasteiger partial charge >= 0.3 is 0 Å². The van der Waals surface area contributed by atoms with Gasteiger partial charge in [-0.25, -0.2) is 0 Å². The predicted octanol–water partition coefficient (Wildman–Crippen LogP) is 2.27. The van der Waals surface area contributed by atoms with Gasteiger partial charge < -0.3 is 10.0 Å². The number of rotatable bonds is 2. The monoisotopic (exact) mass is 211 g/mol. The van der Waals surface area contributed by atoms with E-state index in [1.807, 2.05) is 0 Å². The lowest BCUT2D eigenvalue weighted by molar-refractivity contribution is 0.0631. The molecular weight excluding hydrogens is 186 g/mol. The van der Waals surface area contributed by atoms with Crippen LogP contribution in [0.2, 0.25) is 0 Å². The van der Waals surface area contributed by atoms with Crippen LogP contribution >= 0.6 is 0 Å². The highest BCUT2D eigenvalue weighted by molar-refractivity contribution is 4.82. The van der Waals surface area contributed by atoms with Crippen LogP contribution in [0.15, 0.2) is 0 Å². The molecule has 3 unspecified atom stereocenters. The molecule has 1 heterocycles. The molecule has 3 atom stereocenters. The summed E-state index contributed by atoms with van der Waals surface area (Å²) < 4.78 is 0. The molecule has 1 saturated carbocycles. The standard InChI is InChI=1S/C13H25NO/c1-11-4-2-6-13(8-11)14-7-3-5-12(9-14)10-15/h11-13,15H,2-10H2,1H3. The Bertz CT molecular complexity index is 195. The highest BCUT2D eigenvalue weighted by Gasteiger charge is 2.28. The SMILES string of the molecule is CC1CCCC(N2CCCC(CO)C2)C1. The van der Waals surface area contributed by atoms with Gasteiger partial charge in [0.1, 0.15) is 0 Å². The number of likely N-dealkylation sites (tertiary alicyclic amines) is 1. The van der Waals surface area contributed by atoms with E-state index in [9.17, 15) is 5.11 Å². The first-order chi connectivity index (χ1) is 7.29. The molecule has 2 aliphatic rings. The van der Waals surface area contributed by atoms with Crippen LogP contribution in [0, 0.1) is 11.8 Å². The van der Waals surface area contributed by atoms with E-state index in [-0.39, 0.29) is 0 Å². The van der Waals surface area contributed by atoms with Crippen molar-refractivity contribution in [2.24, 2.45) is 11.8 Å². The average molecular weight is 211 g/mol. The Labute approximate surface area is 93.7 Å². The van der Waals surface area contributed by atoms with E-state index in [0.717, 1.165) is 18.5 Å². The molecule has 1 N–H and O–H groups in total. The fourth-order valence-corrected chi connectivity index (χ4v) is 3.31. The van der Waals surface area contributed by atoms with E-state index in [1.54, 1.807) is 0 Å². The minimum atomic E-state index is 0.388. The number of hydrogen-bond acceptors (Lipinski definition) is 2. The quantitative estimate of drug-likeness (QED) is 0.757. The van der Waals surface area contributed by atoms with Crippen LogP contribution in [0.1, 0.15) is 45.4 Å². The molecule has 0 bridgehead atoms. The van der Waals surface area contributed by atoms with Gasteiger partial charge in [-0.2, -0.15) is 0 Å². The lowest BCUT2D eigenvalue weighted by atomic mass is 9.84. The molecule has 88 valence electrons. The average Bonchev–Trinajstić information content (AvgIpc) is 2.29. The van der Waals surface area contributed by atoms with Gasteiger partial charge in [-0.3, -0.25) is 0 Å². The number of aliphatic hydroxyl groups excluding tert-OH is 1. The summed E-state index contributed by atoms with van der Waals surface area (Å²) in [6.45, 7) is 5.19. The summed E-state index contributed by atoms with van der Waals surface area (Å²) in [6, 6.07) is 0.822. The lowest BCUT2D eigenvalue weighted by Crippen LogP contribution is -2.45. The second-order valence-corrected chi connectivity index (χ2v) is 5.61. The van der Waals surface area contributed by atoms with Crippen molar-refractivity contribution in [1.82, 2.24) is 4.90 Å². The molecule has 1 aliphatic carbocycles. The molecule has 1 aliphatic heterocycles. The van der Waals surface area contributed by atoms with Crippen LogP contribution < -0.4 is 0 Å². The van der Waals surface area contributed by atoms with Crippen LogP contribution in [-0.2, 0) is 0 Å². The number of piperidine rings is 1. The zero-order valence-corrected chi connectivity index (χ0v) is 9.99. The molecule has 2 heteroatoms. The predicted molar refractivity (Wildman–Crippen MR) is 62.8 cm³/mol. The van der Waals surface area contributed by atoms with E-state index < -0.39 is 0 Å². The van der Waals surface area contributed by atoms with E-state index in [2.05, 4.69) is 11.8 Å². The second kappa shape index (κ2) is 5.31. The maximum absolute atomic E-state index is 9.23. The maximum Gasteiger partial charge on any atom is 0.0471 e. The first-order valence-electron chi connectivity index (χ1n) is 6.64. The summed E-state index contributed by atoms with van der Waals surface area (Å²) in [7, 11) is 0. The summed E-state index contributed by atoms with van der Waals surface area (Å²) in [4.78, 5) is 2.65. The van der Waals surface area contributed by atoms with Crippen LogP contribution in [-0.4, -0.2) is 35.7 Å². The maximum atomic E-state index is 9.23. The number of nitrogens with zero attached hydrogens (tertiary/aromatic N) is 1. The van der Waals surface area contributed by atoms with Gasteiger partial charge in [0, 0.05) is 19.2 Å². The van der Waals surface area contributed by atoms with E-state index in [4.69, 9.17) is 0 Å². The van der Waals surface area contributed by atoms with Crippen molar-refractivity contribution in [3.05, 3.63) is 0 Å². The minimum absolute atomic E-state index is 0.388. The number of hydrogen-bond donors (Lipinski definition) is 1. The Morgan fingerprint density at radius 2 is 2.07 bits per heavy atom. The topological polar surface area (TPSA) is 23.5 Å². The third kappa shape index (κ3) is 2.94. The van der Waals surface area contributed by atoms with Gasteiger partial charge in [0.15, 0.2) is 0 Å². The fraction of sp³-hybridized carbons (Fsp3) is 1.00. The molecule has 15 heavy (non-hydrogen) atoms. The van der Waals surface area contributed by atoms with E-state index in [0.29, 0.717) is 12.5 Å². The molecular formula is C13H25NO. The first-order valence-corrected chi connectivity index (χ1v) is 6.64. The molecule has 2 nitrogen and oxygen atoms in total. The van der Waals surface area contributed by atoms with Crippen molar-refractivity contribution < 1.29 is 5.11 Å². The third-order valence-electron chi connectivity index (χ3n) is 4.23. The van der Waals surface area contributed by atoms with Crippen molar-refractivity contribution in [3.63, 3.8) is 0 Å². The van der Waals surface area contributed by atoms with E-state index >= 15 is 0 Å². The van der Waals surface area contributed by atoms with Gasteiger partial charge in [-0.15, -0.1) is 0 Å². The molecule has 2 rings (SSSR count). The Kier molecular flexibility index (Phi) is 4.04. The van der Waals surface area contributed by atoms with Crippen molar-refractivity contribution in [3.8, 4) is 0 Å². The fourth-order valence-electron chi connectivity index (χ4n) is 3.31.